The van der Waals surface area contributed by atoms with Crippen molar-refractivity contribution < 1.29 is 14.3 Å². The molecule has 23 heavy (non-hydrogen) atoms. The minimum absolute atomic E-state index is 0.0143. The van der Waals surface area contributed by atoms with Crippen molar-refractivity contribution in [2.45, 2.75) is 13.8 Å². The lowest BCUT2D eigenvalue weighted by atomic mass is 10.1. The number of urea groups is 1. The monoisotopic (exact) mass is 319 g/mol. The van der Waals surface area contributed by atoms with Crippen LogP contribution < -0.4 is 10.2 Å². The Labute approximate surface area is 137 Å². The maximum Gasteiger partial charge on any atom is 0.339 e. The maximum atomic E-state index is 12.1. The quantitative estimate of drug-likeness (QED) is 0.862. The highest BCUT2D eigenvalue weighted by Gasteiger charge is 2.24. The number of nitrogens with zero attached hydrogens (tertiary/aromatic N) is 2. The van der Waals surface area contributed by atoms with Crippen molar-refractivity contribution in [3.8, 4) is 0 Å². The van der Waals surface area contributed by atoms with Gasteiger partial charge in [0.2, 0.25) is 0 Å². The van der Waals surface area contributed by atoms with E-state index < -0.39 is 0 Å². The highest BCUT2D eigenvalue weighted by Crippen LogP contribution is 2.22. The SMILES string of the molecule is COC(=O)c1ccccc1N1CCN(C(=O)NCC(C)C)CC1. The van der Waals surface area contributed by atoms with Crippen molar-refractivity contribution in [2.75, 3.05) is 44.7 Å². The molecule has 1 aliphatic rings. The largest absolute Gasteiger partial charge is 0.465 e. The molecule has 1 fully saturated rings. The number of carbonyl (C=O) groups excluding carboxylic acids is 2. The molecule has 6 nitrogen and oxygen atoms in total. The summed E-state index contributed by atoms with van der Waals surface area (Å²) in [5.41, 5.74) is 1.43. The normalized spacial score (nSPS) is 14.8. The van der Waals surface area contributed by atoms with Crippen LogP contribution in [-0.2, 0) is 4.74 Å². The Bertz CT molecular complexity index is 552. The number of para-hydroxylation sites is 1. The first kappa shape index (κ1) is 17.1. The van der Waals surface area contributed by atoms with Crippen molar-refractivity contribution in [1.29, 1.82) is 0 Å². The number of ether oxygens (including phenoxy) is 1. The number of methoxy groups -OCH3 is 1. The molecule has 0 saturated carbocycles. The molecule has 1 saturated heterocycles. The molecule has 2 amide bonds. The van der Waals surface area contributed by atoms with Gasteiger partial charge in [0.1, 0.15) is 0 Å². The van der Waals surface area contributed by atoms with E-state index in [0.29, 0.717) is 44.2 Å². The van der Waals surface area contributed by atoms with E-state index in [1.54, 1.807) is 6.07 Å². The molecule has 126 valence electrons. The minimum atomic E-state index is -0.335. The fourth-order valence-electron chi connectivity index (χ4n) is 2.59. The third kappa shape index (κ3) is 4.37. The van der Waals surface area contributed by atoms with Gasteiger partial charge in [-0.15, -0.1) is 0 Å². The lowest BCUT2D eigenvalue weighted by Gasteiger charge is -2.36. The number of amides is 2. The molecule has 6 heteroatoms. The van der Waals surface area contributed by atoms with Crippen LogP contribution in [0.3, 0.4) is 0 Å². The summed E-state index contributed by atoms with van der Waals surface area (Å²) in [5.74, 6) is 0.102. The lowest BCUT2D eigenvalue weighted by molar-refractivity contribution is 0.0601. The number of hydrogen-bond acceptors (Lipinski definition) is 4. The summed E-state index contributed by atoms with van der Waals surface area (Å²) in [5, 5.41) is 2.94. The molecule has 1 aromatic rings. The van der Waals surface area contributed by atoms with Crippen molar-refractivity contribution in [2.24, 2.45) is 5.92 Å². The molecule has 0 unspecified atom stereocenters. The molecule has 1 N–H and O–H groups in total. The molecule has 0 spiro atoms. The standard InChI is InChI=1S/C17H25N3O3/c1-13(2)12-18-17(22)20-10-8-19(9-11-20)15-7-5-4-6-14(15)16(21)23-3/h4-7,13H,8-12H2,1-3H3,(H,18,22). The van der Waals surface area contributed by atoms with Gasteiger partial charge in [-0.1, -0.05) is 26.0 Å². The number of nitrogens with one attached hydrogen (secondary N) is 1. The molecular formula is C17H25N3O3. The first-order chi connectivity index (χ1) is 11.0. The maximum absolute atomic E-state index is 12.1. The van der Waals surface area contributed by atoms with Gasteiger partial charge in [0.05, 0.1) is 18.4 Å². The first-order valence-electron chi connectivity index (χ1n) is 7.98. The van der Waals surface area contributed by atoms with Gasteiger partial charge in [-0.3, -0.25) is 0 Å². The summed E-state index contributed by atoms with van der Waals surface area (Å²) >= 11 is 0. The Morgan fingerprint density at radius 1 is 1.17 bits per heavy atom. The molecule has 2 rings (SSSR count). The number of carbonyl (C=O) groups is 2. The van der Waals surface area contributed by atoms with Crippen LogP contribution in [0, 0.1) is 5.92 Å². The predicted octanol–water partition coefficient (Wildman–Crippen LogP) is 1.96. The van der Waals surface area contributed by atoms with Crippen LogP contribution >= 0.6 is 0 Å². The van der Waals surface area contributed by atoms with E-state index in [1.807, 2.05) is 23.1 Å². The molecule has 1 aliphatic heterocycles. The second kappa shape index (κ2) is 7.85. The van der Waals surface area contributed by atoms with Gasteiger partial charge in [-0.05, 0) is 18.1 Å². The van der Waals surface area contributed by atoms with E-state index in [-0.39, 0.29) is 12.0 Å². The molecular weight excluding hydrogens is 294 g/mol. The van der Waals surface area contributed by atoms with E-state index in [4.69, 9.17) is 4.74 Å². The Hall–Kier alpha value is -2.24. The van der Waals surface area contributed by atoms with Crippen molar-refractivity contribution in [1.82, 2.24) is 10.2 Å². The van der Waals surface area contributed by atoms with Gasteiger partial charge in [0, 0.05) is 32.7 Å². The highest BCUT2D eigenvalue weighted by atomic mass is 16.5. The minimum Gasteiger partial charge on any atom is -0.465 e. The summed E-state index contributed by atoms with van der Waals surface area (Å²) in [7, 11) is 1.39. The van der Waals surface area contributed by atoms with Gasteiger partial charge in [0.15, 0.2) is 0 Å². The van der Waals surface area contributed by atoms with Gasteiger partial charge < -0.3 is 19.9 Å². The molecule has 1 aromatic carbocycles. The molecule has 0 aliphatic carbocycles. The van der Waals surface area contributed by atoms with Crippen LogP contribution in [0.1, 0.15) is 24.2 Å². The van der Waals surface area contributed by atoms with Crippen LogP contribution in [-0.4, -0.2) is 56.7 Å². The summed E-state index contributed by atoms with van der Waals surface area (Å²) in [4.78, 5) is 27.9. The molecule has 1 heterocycles. The Balaban J connectivity index is 1.97. The van der Waals surface area contributed by atoms with E-state index >= 15 is 0 Å². The second-order valence-electron chi connectivity index (χ2n) is 6.06. The fourth-order valence-corrected chi connectivity index (χ4v) is 2.59. The topological polar surface area (TPSA) is 61.9 Å². The van der Waals surface area contributed by atoms with Crippen molar-refractivity contribution >= 4 is 17.7 Å². The Morgan fingerprint density at radius 2 is 1.83 bits per heavy atom. The van der Waals surface area contributed by atoms with Gasteiger partial charge >= 0.3 is 12.0 Å². The van der Waals surface area contributed by atoms with Crippen LogP contribution in [0.5, 0.6) is 0 Å². The lowest BCUT2D eigenvalue weighted by Crippen LogP contribution is -2.52. The van der Waals surface area contributed by atoms with E-state index in [2.05, 4.69) is 24.1 Å². The summed E-state index contributed by atoms with van der Waals surface area (Å²) < 4.78 is 4.84. The Kier molecular flexibility index (Phi) is 5.84. The average molecular weight is 319 g/mol. The number of anilines is 1. The zero-order valence-electron chi connectivity index (χ0n) is 14.0. The number of piperazine rings is 1. The van der Waals surface area contributed by atoms with Crippen molar-refractivity contribution in [3.63, 3.8) is 0 Å². The van der Waals surface area contributed by atoms with Crippen LogP contribution in [0.2, 0.25) is 0 Å². The third-order valence-electron chi connectivity index (χ3n) is 3.88. The van der Waals surface area contributed by atoms with Gasteiger partial charge in [-0.25, -0.2) is 9.59 Å². The molecule has 0 aromatic heterocycles. The van der Waals surface area contributed by atoms with Crippen LogP contribution in [0.4, 0.5) is 10.5 Å². The van der Waals surface area contributed by atoms with E-state index in [0.717, 1.165) is 5.69 Å². The van der Waals surface area contributed by atoms with Crippen molar-refractivity contribution in [3.05, 3.63) is 29.8 Å². The van der Waals surface area contributed by atoms with Gasteiger partial charge in [-0.2, -0.15) is 0 Å². The number of esters is 1. The molecule has 0 radical (unpaired) electrons. The highest BCUT2D eigenvalue weighted by molar-refractivity contribution is 5.95. The first-order valence-corrected chi connectivity index (χ1v) is 7.98. The zero-order valence-corrected chi connectivity index (χ0v) is 14.0. The fraction of sp³-hybridized carbons (Fsp3) is 0.529. The number of hydrogen-bond donors (Lipinski definition) is 1. The zero-order chi connectivity index (χ0) is 16.8. The molecule has 0 bridgehead atoms. The Morgan fingerprint density at radius 3 is 2.43 bits per heavy atom. The summed E-state index contributed by atoms with van der Waals surface area (Å²) in [6.45, 7) is 7.50. The predicted molar refractivity (Wildman–Crippen MR) is 89.8 cm³/mol. The molecule has 0 atom stereocenters. The third-order valence-corrected chi connectivity index (χ3v) is 3.88. The second-order valence-corrected chi connectivity index (χ2v) is 6.06. The number of rotatable bonds is 4. The van der Waals surface area contributed by atoms with Crippen LogP contribution in [0.25, 0.3) is 0 Å². The van der Waals surface area contributed by atoms with E-state index in [1.165, 1.54) is 7.11 Å². The van der Waals surface area contributed by atoms with Crippen LogP contribution in [0.15, 0.2) is 24.3 Å². The number of benzene rings is 1. The smallest absolute Gasteiger partial charge is 0.339 e. The average Bonchev–Trinajstić information content (AvgIpc) is 2.59. The van der Waals surface area contributed by atoms with E-state index in [9.17, 15) is 9.59 Å². The summed E-state index contributed by atoms with van der Waals surface area (Å²) in [6.07, 6.45) is 0. The summed E-state index contributed by atoms with van der Waals surface area (Å²) in [6, 6.07) is 7.40. The van der Waals surface area contributed by atoms with Gasteiger partial charge in [0.25, 0.3) is 0 Å².